The molecule has 0 saturated heterocycles. The van der Waals surface area contributed by atoms with Gasteiger partial charge in [0.2, 0.25) is 0 Å². The fourth-order valence-electron chi connectivity index (χ4n) is 5.56. The molecule has 0 radical (unpaired) electrons. The Labute approximate surface area is 437 Å². The zero-order chi connectivity index (χ0) is 50.3. The lowest BCUT2D eigenvalue weighted by molar-refractivity contribution is -0.274. The Kier molecular flexibility index (Phi) is 33.4. The van der Waals surface area contributed by atoms with Crippen LogP contribution in [0.25, 0.3) is 10.8 Å². The van der Waals surface area contributed by atoms with Crippen molar-refractivity contribution in [3.05, 3.63) is 174 Å². The van der Waals surface area contributed by atoms with Gasteiger partial charge in [-0.25, -0.2) is 17.5 Å². The molecule has 0 heterocycles. The number of carbonyl (C=O) groups excluding carboxylic acids is 1. The van der Waals surface area contributed by atoms with Gasteiger partial charge in [0.1, 0.15) is 11.5 Å². The number of fused-ring (bicyclic) bond motifs is 1. The molecule has 0 saturated carbocycles. The number of nitrogens with one attached hydrogen (secondary N) is 5. The Bertz CT molecular complexity index is 2680. The number of benzene rings is 7. The fraction of sp³-hybridized carbons (Fsp3) is 0.255. The molecule has 0 aliphatic carbocycles. The molecule has 0 unspecified atom stereocenters. The monoisotopic (exact) mass is 1060 g/mol. The van der Waals surface area contributed by atoms with Crippen LogP contribution >= 0.6 is 11.6 Å². The number of rotatable bonds is 11. The Morgan fingerprint density at radius 3 is 1.48 bits per heavy atom. The topological polar surface area (TPSA) is 142 Å². The Morgan fingerprint density at radius 1 is 0.562 bits per heavy atom. The summed E-state index contributed by atoms with van der Waals surface area (Å²) >= 11 is 5.84. The lowest BCUT2D eigenvalue weighted by atomic mass is 10.1. The summed E-state index contributed by atoms with van der Waals surface area (Å²) in [6, 6.07) is 45.0. The molecule has 0 aliphatic heterocycles. The van der Waals surface area contributed by atoms with E-state index in [1.165, 1.54) is 48.2 Å². The van der Waals surface area contributed by atoms with Gasteiger partial charge in [-0.1, -0.05) is 97.3 Å². The van der Waals surface area contributed by atoms with E-state index in [0.29, 0.717) is 16.3 Å². The van der Waals surface area contributed by atoms with Gasteiger partial charge in [-0.2, -0.15) is 0 Å². The summed E-state index contributed by atoms with van der Waals surface area (Å²) in [5.41, 5.74) is 4.79. The van der Waals surface area contributed by atoms with Crippen LogP contribution in [0.3, 0.4) is 0 Å². The molecule has 1 amide bonds. The van der Waals surface area contributed by atoms with Gasteiger partial charge in [0.15, 0.2) is 11.6 Å². The van der Waals surface area contributed by atoms with Gasteiger partial charge in [-0.15, -0.1) is 13.2 Å². The van der Waals surface area contributed by atoms with Gasteiger partial charge >= 0.3 is 6.36 Å². The highest BCUT2D eigenvalue weighted by Crippen LogP contribution is 2.27. The van der Waals surface area contributed by atoms with Crippen molar-refractivity contribution in [2.45, 2.75) is 48.4 Å². The van der Waals surface area contributed by atoms with E-state index in [4.69, 9.17) is 21.1 Å². The first-order valence-electron chi connectivity index (χ1n) is 20.5. The summed E-state index contributed by atoms with van der Waals surface area (Å²) in [6.07, 6.45) is -4.63. The van der Waals surface area contributed by atoms with Gasteiger partial charge in [0, 0.05) is 82.4 Å². The van der Waals surface area contributed by atoms with Crippen LogP contribution in [-0.4, -0.2) is 77.2 Å². The zero-order valence-electron chi connectivity index (χ0n) is 38.7. The van der Waals surface area contributed by atoms with Crippen LogP contribution in [0, 0.1) is 5.82 Å². The maximum atomic E-state index is 12.9. The number of sulfonamides is 1. The highest BCUT2D eigenvalue weighted by atomic mass is 35.5. The van der Waals surface area contributed by atoms with E-state index in [-0.39, 0.29) is 59.3 Å². The number of anilines is 5. The number of hydrogen-bond donors (Lipinski definition) is 5. The van der Waals surface area contributed by atoms with Crippen LogP contribution < -0.4 is 45.1 Å². The van der Waals surface area contributed by atoms with Crippen molar-refractivity contribution in [3.8, 4) is 17.2 Å². The van der Waals surface area contributed by atoms with Crippen LogP contribution in [0.1, 0.15) is 47.5 Å². The molecule has 402 valence electrons. The molecule has 0 fully saturated rings. The minimum Gasteiger partial charge on any atom is -0.495 e. The largest absolute Gasteiger partial charge is 0.573 e. The third-order valence-corrected chi connectivity index (χ3v) is 10.9. The second-order valence-electron chi connectivity index (χ2n) is 14.0. The first kappa shape index (κ1) is 69.9. The maximum Gasteiger partial charge on any atom is 0.573 e. The summed E-state index contributed by atoms with van der Waals surface area (Å²) < 4.78 is 87.8. The van der Waals surface area contributed by atoms with Crippen LogP contribution in [0.2, 0.25) is 5.02 Å². The normalized spacial score (nSPS) is 9.60. The van der Waals surface area contributed by atoms with E-state index >= 15 is 0 Å². The van der Waals surface area contributed by atoms with Gasteiger partial charge in [-0.3, -0.25) is 4.79 Å². The molecule has 18 heteroatoms. The molecule has 7 aromatic rings. The minimum absolute atomic E-state index is 0. The summed E-state index contributed by atoms with van der Waals surface area (Å²) in [6.45, 7) is 0. The molecule has 7 rings (SSSR count). The quantitative estimate of drug-likeness (QED) is 0.0791. The number of methoxy groups -OCH3 is 2. The van der Waals surface area contributed by atoms with Crippen molar-refractivity contribution < 1.29 is 45.0 Å². The third kappa shape index (κ3) is 24.1. The molecular formula is C55H75ClF4N6O6S. The second-order valence-corrected chi connectivity index (χ2v) is 16.1. The molecule has 7 aromatic carbocycles. The lowest BCUT2D eigenvalue weighted by Crippen LogP contribution is -2.30. The van der Waals surface area contributed by atoms with Crippen molar-refractivity contribution >= 4 is 66.7 Å². The van der Waals surface area contributed by atoms with Crippen molar-refractivity contribution in [1.29, 1.82) is 0 Å². The molecule has 73 heavy (non-hydrogen) atoms. The third-order valence-electron chi connectivity index (χ3n) is 9.22. The van der Waals surface area contributed by atoms with Crippen LogP contribution in [0.5, 0.6) is 17.2 Å². The molecule has 0 bridgehead atoms. The van der Waals surface area contributed by atoms with Gasteiger partial charge < -0.3 is 40.4 Å². The molecule has 0 aromatic heterocycles. The van der Waals surface area contributed by atoms with E-state index in [9.17, 15) is 30.8 Å². The van der Waals surface area contributed by atoms with E-state index in [1.54, 1.807) is 107 Å². The number of hydrogen-bond acceptors (Lipinski definition) is 11. The van der Waals surface area contributed by atoms with Crippen molar-refractivity contribution in [2.24, 2.45) is 0 Å². The number of carbonyl (C=O) groups is 1. The van der Waals surface area contributed by atoms with Gasteiger partial charge in [0.05, 0.1) is 24.1 Å². The number of halogens is 5. The number of ether oxygens (including phenoxy) is 3. The summed E-state index contributed by atoms with van der Waals surface area (Å²) in [7, 11) is 10.0. The summed E-state index contributed by atoms with van der Waals surface area (Å²) in [4.78, 5) is 13.7. The molecular weight excluding hydrogens is 984 g/mol. The highest BCUT2D eigenvalue weighted by Gasteiger charge is 2.31. The van der Waals surface area contributed by atoms with Crippen LogP contribution in [0.15, 0.2) is 163 Å². The standard InChI is InChI=1S/C14H14N2O3S.C11H11N.C9H10F3NO.C8H10ClNO.C8H10FNO.5CH4/c1-15-12-7-9-13(10-8-12)20(18,19)16-14(17)11-5-3-2-4-6-11;1-12-11-7-6-9-4-2-3-5-10(9)8-11;1-13(2)7-3-5-8(6-4-7)14-9(10,11)12;2*1-10-6-3-4-8(11-2)7(9)5-6;;;;;/h2-10,15H,1H3,(H,16,17);2-8,12H,1H3;3-6H,1-2H3;2*3-5,10H,1-2H3;5*1H4. The van der Waals surface area contributed by atoms with E-state index in [2.05, 4.69) is 68.5 Å². The van der Waals surface area contributed by atoms with E-state index in [0.717, 1.165) is 28.4 Å². The number of amides is 1. The van der Waals surface area contributed by atoms with E-state index in [1.807, 2.05) is 37.0 Å². The maximum absolute atomic E-state index is 12.9. The first-order valence-corrected chi connectivity index (χ1v) is 22.3. The van der Waals surface area contributed by atoms with Crippen LogP contribution in [0.4, 0.5) is 46.0 Å². The average Bonchev–Trinajstić information content (AvgIpc) is 3.34. The van der Waals surface area contributed by atoms with E-state index < -0.39 is 22.3 Å². The second kappa shape index (κ2) is 34.9. The Morgan fingerprint density at radius 2 is 1.01 bits per heavy atom. The highest BCUT2D eigenvalue weighted by molar-refractivity contribution is 7.90. The van der Waals surface area contributed by atoms with Gasteiger partial charge in [-0.05, 0) is 114 Å². The van der Waals surface area contributed by atoms with Gasteiger partial charge in [0.25, 0.3) is 15.9 Å². The van der Waals surface area contributed by atoms with Crippen molar-refractivity contribution in [3.63, 3.8) is 0 Å². The molecule has 0 aliphatic rings. The Balaban J connectivity index is -0.000000841. The summed E-state index contributed by atoms with van der Waals surface area (Å²) in [5.74, 6) is -0.236. The molecule has 12 nitrogen and oxygen atoms in total. The predicted octanol–water partition coefficient (Wildman–Crippen LogP) is 14.8. The zero-order valence-corrected chi connectivity index (χ0v) is 40.3. The lowest BCUT2D eigenvalue weighted by Gasteiger charge is -2.13. The molecule has 0 spiro atoms. The SMILES string of the molecule is C.C.C.C.C.CN(C)c1ccc(OC(F)(F)F)cc1.CNc1ccc(OC)c(Cl)c1.CNc1ccc(OC)c(F)c1.CNc1ccc(S(=O)(=O)NC(=O)c2ccccc2)cc1.CNc1ccc2ccccc2c1. The first-order chi connectivity index (χ1) is 32.4. The molecule has 5 N–H and O–H groups in total. The number of alkyl halides is 3. The average molecular weight is 1060 g/mol. The molecule has 0 atom stereocenters. The summed E-state index contributed by atoms with van der Waals surface area (Å²) in [5, 5.41) is 15.0. The Hall–Kier alpha value is -7.37. The van der Waals surface area contributed by atoms with Crippen LogP contribution in [-0.2, 0) is 10.0 Å². The minimum atomic E-state index is -4.63. The van der Waals surface area contributed by atoms with Crippen molar-refractivity contribution in [1.82, 2.24) is 4.72 Å². The smallest absolute Gasteiger partial charge is 0.495 e. The predicted molar refractivity (Wildman–Crippen MR) is 302 cm³/mol. The van der Waals surface area contributed by atoms with Crippen molar-refractivity contribution in [2.75, 3.05) is 82.7 Å². The fourth-order valence-corrected chi connectivity index (χ4v) is 6.80. The number of nitrogens with zero attached hydrogens (tertiary/aromatic N) is 1.